The summed E-state index contributed by atoms with van der Waals surface area (Å²) in [5.74, 6) is -1.02. The molecule has 0 aromatic rings. The van der Waals surface area contributed by atoms with E-state index in [0.717, 1.165) is 13.0 Å². The van der Waals surface area contributed by atoms with Gasteiger partial charge in [-0.05, 0) is 18.9 Å². The third kappa shape index (κ3) is 2.28. The molecule has 17 heavy (non-hydrogen) atoms. The Morgan fingerprint density at radius 1 is 1.41 bits per heavy atom. The van der Waals surface area contributed by atoms with Crippen LogP contribution in [0.2, 0.25) is 0 Å². The van der Waals surface area contributed by atoms with Crippen molar-refractivity contribution in [2.75, 3.05) is 13.1 Å². The van der Waals surface area contributed by atoms with Gasteiger partial charge in [0.15, 0.2) is 0 Å². The van der Waals surface area contributed by atoms with Crippen LogP contribution >= 0.6 is 0 Å². The first kappa shape index (κ1) is 12.3. The molecule has 3 N–H and O–H groups in total. The zero-order valence-electron chi connectivity index (χ0n) is 9.80. The topological polar surface area (TPSA) is 89.9 Å². The van der Waals surface area contributed by atoms with Crippen molar-refractivity contribution in [2.24, 2.45) is 5.92 Å². The maximum absolute atomic E-state index is 12.2. The van der Waals surface area contributed by atoms with Gasteiger partial charge in [-0.15, -0.1) is 0 Å². The lowest BCUT2D eigenvalue weighted by molar-refractivity contribution is -0.149. The minimum absolute atomic E-state index is 0.126. The van der Waals surface area contributed by atoms with E-state index in [1.54, 1.807) is 0 Å². The highest BCUT2D eigenvalue weighted by atomic mass is 16.4. The van der Waals surface area contributed by atoms with Crippen molar-refractivity contribution in [3.63, 3.8) is 0 Å². The van der Waals surface area contributed by atoms with Gasteiger partial charge in [0.1, 0.15) is 6.04 Å². The minimum Gasteiger partial charge on any atom is -0.480 e. The average molecular weight is 242 g/mol. The second kappa shape index (κ2) is 4.62. The summed E-state index contributed by atoms with van der Waals surface area (Å²) in [5.41, 5.74) is 0. The number of amides is 1. The first-order chi connectivity index (χ1) is 8.00. The zero-order chi connectivity index (χ0) is 12.6. The second-order valence-electron chi connectivity index (χ2n) is 4.93. The normalized spacial score (nSPS) is 37.4. The van der Waals surface area contributed by atoms with Gasteiger partial charge in [0.25, 0.3) is 0 Å². The molecule has 96 valence electrons. The van der Waals surface area contributed by atoms with Crippen molar-refractivity contribution >= 4 is 11.9 Å². The number of hydrogen-bond acceptors (Lipinski definition) is 4. The van der Waals surface area contributed by atoms with Crippen LogP contribution in [0.3, 0.4) is 0 Å². The second-order valence-corrected chi connectivity index (χ2v) is 4.93. The van der Waals surface area contributed by atoms with Crippen molar-refractivity contribution in [3.8, 4) is 0 Å². The number of carboxylic acids is 1. The van der Waals surface area contributed by atoms with Gasteiger partial charge >= 0.3 is 5.97 Å². The molecular weight excluding hydrogens is 224 g/mol. The molecule has 4 atom stereocenters. The fourth-order valence-electron chi connectivity index (χ4n) is 2.64. The van der Waals surface area contributed by atoms with E-state index in [-0.39, 0.29) is 30.8 Å². The van der Waals surface area contributed by atoms with Crippen LogP contribution in [0.25, 0.3) is 0 Å². The van der Waals surface area contributed by atoms with Crippen molar-refractivity contribution in [1.82, 2.24) is 10.2 Å². The van der Waals surface area contributed by atoms with Gasteiger partial charge in [0.2, 0.25) is 5.91 Å². The molecule has 0 saturated carbocycles. The van der Waals surface area contributed by atoms with E-state index in [0.29, 0.717) is 0 Å². The van der Waals surface area contributed by atoms with E-state index in [1.165, 1.54) is 4.90 Å². The summed E-state index contributed by atoms with van der Waals surface area (Å²) in [7, 11) is 0. The van der Waals surface area contributed by atoms with E-state index in [2.05, 4.69) is 5.32 Å². The monoisotopic (exact) mass is 242 g/mol. The molecule has 0 aromatic carbocycles. The molecule has 2 fully saturated rings. The molecule has 2 heterocycles. The Bertz CT molecular complexity index is 333. The Hall–Kier alpha value is -1.14. The number of rotatable bonds is 2. The first-order valence-electron chi connectivity index (χ1n) is 5.95. The Labute approximate surface area is 99.6 Å². The molecule has 2 saturated heterocycles. The molecule has 0 aliphatic carbocycles. The van der Waals surface area contributed by atoms with Crippen molar-refractivity contribution in [1.29, 1.82) is 0 Å². The van der Waals surface area contributed by atoms with E-state index in [9.17, 15) is 14.7 Å². The number of hydrogen-bond donors (Lipinski definition) is 3. The molecule has 0 aromatic heterocycles. The number of aliphatic carboxylic acids is 1. The number of aliphatic hydroxyl groups is 1. The lowest BCUT2D eigenvalue weighted by Gasteiger charge is -2.26. The van der Waals surface area contributed by atoms with Gasteiger partial charge in [0.05, 0.1) is 12.1 Å². The number of carbonyl (C=O) groups is 2. The molecule has 2 aliphatic heterocycles. The maximum Gasteiger partial charge on any atom is 0.326 e. The van der Waals surface area contributed by atoms with Crippen LogP contribution in [0.15, 0.2) is 0 Å². The minimum atomic E-state index is -1.04. The molecule has 6 nitrogen and oxygen atoms in total. The van der Waals surface area contributed by atoms with Gasteiger partial charge in [-0.1, -0.05) is 6.92 Å². The summed E-state index contributed by atoms with van der Waals surface area (Å²) in [6.45, 7) is 2.89. The van der Waals surface area contributed by atoms with Crippen LogP contribution in [-0.4, -0.2) is 58.3 Å². The molecule has 4 unspecified atom stereocenters. The number of nitrogens with zero attached hydrogens (tertiary/aromatic N) is 1. The van der Waals surface area contributed by atoms with Gasteiger partial charge < -0.3 is 20.4 Å². The van der Waals surface area contributed by atoms with Gasteiger partial charge in [0, 0.05) is 13.0 Å². The Morgan fingerprint density at radius 3 is 2.65 bits per heavy atom. The molecule has 0 radical (unpaired) electrons. The zero-order valence-corrected chi connectivity index (χ0v) is 9.80. The van der Waals surface area contributed by atoms with Crippen molar-refractivity contribution in [3.05, 3.63) is 0 Å². The average Bonchev–Trinajstić information content (AvgIpc) is 2.83. The Kier molecular flexibility index (Phi) is 3.35. The van der Waals surface area contributed by atoms with Crippen LogP contribution in [0.1, 0.15) is 19.8 Å². The van der Waals surface area contributed by atoms with Crippen LogP contribution in [0, 0.1) is 5.92 Å². The molecule has 1 amide bonds. The number of β-amino-alcohol motifs (C(OH)–C–C–N with tert-alkyl or cyclic N) is 1. The number of likely N-dealkylation sites (tertiary alicyclic amines) is 1. The molecule has 0 bridgehead atoms. The third-order valence-corrected chi connectivity index (χ3v) is 3.65. The standard InChI is InChI=1S/C11H18N2O4/c1-6-2-3-12-9(6)10(15)13-5-7(14)4-8(13)11(16)17/h6-9,12,14H,2-5H2,1H3,(H,16,17). The van der Waals surface area contributed by atoms with E-state index in [4.69, 9.17) is 5.11 Å². The summed E-state index contributed by atoms with van der Waals surface area (Å²) >= 11 is 0. The number of carboxylic acid groups (broad SMARTS) is 1. The summed E-state index contributed by atoms with van der Waals surface area (Å²) < 4.78 is 0. The SMILES string of the molecule is CC1CCNC1C(=O)N1CC(O)CC1C(=O)O. The number of aliphatic hydroxyl groups excluding tert-OH is 1. The smallest absolute Gasteiger partial charge is 0.326 e. The fourth-order valence-corrected chi connectivity index (χ4v) is 2.64. The lowest BCUT2D eigenvalue weighted by Crippen LogP contribution is -2.50. The largest absolute Gasteiger partial charge is 0.480 e. The highest BCUT2D eigenvalue weighted by Crippen LogP contribution is 2.23. The maximum atomic E-state index is 12.2. The number of carbonyl (C=O) groups excluding carboxylic acids is 1. The van der Waals surface area contributed by atoms with E-state index in [1.807, 2.05) is 6.92 Å². The Morgan fingerprint density at radius 2 is 2.12 bits per heavy atom. The van der Waals surface area contributed by atoms with Crippen LogP contribution in [0.5, 0.6) is 0 Å². The summed E-state index contributed by atoms with van der Waals surface area (Å²) in [4.78, 5) is 24.5. The van der Waals surface area contributed by atoms with Crippen LogP contribution < -0.4 is 5.32 Å². The van der Waals surface area contributed by atoms with Crippen molar-refractivity contribution in [2.45, 2.75) is 38.0 Å². The predicted molar refractivity (Wildman–Crippen MR) is 59.3 cm³/mol. The van der Waals surface area contributed by atoms with Gasteiger partial charge in [-0.2, -0.15) is 0 Å². The molecule has 2 aliphatic rings. The van der Waals surface area contributed by atoms with E-state index < -0.39 is 18.1 Å². The van der Waals surface area contributed by atoms with Gasteiger partial charge in [-0.3, -0.25) is 4.79 Å². The highest BCUT2D eigenvalue weighted by molar-refractivity contribution is 5.88. The van der Waals surface area contributed by atoms with E-state index >= 15 is 0 Å². The molecular formula is C11H18N2O4. The molecule has 2 rings (SSSR count). The first-order valence-corrected chi connectivity index (χ1v) is 5.95. The third-order valence-electron chi connectivity index (χ3n) is 3.65. The predicted octanol–water partition coefficient (Wildman–Crippen LogP) is -0.969. The fraction of sp³-hybridized carbons (Fsp3) is 0.818. The quantitative estimate of drug-likeness (QED) is 0.580. The highest BCUT2D eigenvalue weighted by Gasteiger charge is 2.43. The summed E-state index contributed by atoms with van der Waals surface area (Å²) in [5, 5.41) is 21.6. The van der Waals surface area contributed by atoms with Crippen molar-refractivity contribution < 1.29 is 19.8 Å². The van der Waals surface area contributed by atoms with Crippen LogP contribution in [0.4, 0.5) is 0 Å². The summed E-state index contributed by atoms with van der Waals surface area (Å²) in [6.07, 6.45) is 0.323. The molecule has 0 spiro atoms. The summed E-state index contributed by atoms with van der Waals surface area (Å²) in [6, 6.07) is -1.19. The van der Waals surface area contributed by atoms with Gasteiger partial charge in [-0.25, -0.2) is 4.79 Å². The molecule has 6 heteroatoms. The lowest BCUT2D eigenvalue weighted by atomic mass is 10.0. The Balaban J connectivity index is 2.10. The number of nitrogens with one attached hydrogen (secondary N) is 1. The van der Waals surface area contributed by atoms with Crippen LogP contribution in [-0.2, 0) is 9.59 Å².